The molecular formula is C16H17ClFN. The molecule has 0 aromatic heterocycles. The smallest absolute Gasteiger partial charge is 0.123 e. The summed E-state index contributed by atoms with van der Waals surface area (Å²) in [4.78, 5) is 0. The molecule has 100 valence electrons. The molecule has 1 unspecified atom stereocenters. The summed E-state index contributed by atoms with van der Waals surface area (Å²) in [6.07, 6.45) is 0.738. The summed E-state index contributed by atoms with van der Waals surface area (Å²) in [5.74, 6) is -0.0229. The lowest BCUT2D eigenvalue weighted by atomic mass is 9.90. The van der Waals surface area contributed by atoms with Gasteiger partial charge in [0.05, 0.1) is 0 Å². The highest BCUT2D eigenvalue weighted by atomic mass is 35.5. The molecule has 0 heterocycles. The van der Waals surface area contributed by atoms with E-state index in [0.717, 1.165) is 23.1 Å². The molecule has 0 aliphatic rings. The minimum Gasteiger partial charge on any atom is -0.330 e. The molecule has 19 heavy (non-hydrogen) atoms. The van der Waals surface area contributed by atoms with Crippen LogP contribution in [-0.2, 0) is 6.42 Å². The van der Waals surface area contributed by atoms with Gasteiger partial charge in [0.2, 0.25) is 0 Å². The highest BCUT2D eigenvalue weighted by Crippen LogP contribution is 2.23. The Morgan fingerprint density at radius 3 is 2.47 bits per heavy atom. The molecule has 2 aromatic carbocycles. The number of hydrogen-bond donors (Lipinski definition) is 1. The van der Waals surface area contributed by atoms with Crippen LogP contribution in [0, 0.1) is 12.7 Å². The third-order valence-corrected chi connectivity index (χ3v) is 3.66. The molecule has 1 nitrogen and oxygen atoms in total. The highest BCUT2D eigenvalue weighted by molar-refractivity contribution is 6.30. The van der Waals surface area contributed by atoms with Crippen LogP contribution in [0.1, 0.15) is 22.6 Å². The van der Waals surface area contributed by atoms with Crippen molar-refractivity contribution in [1.82, 2.24) is 0 Å². The molecule has 0 saturated heterocycles. The maximum absolute atomic E-state index is 13.3. The van der Waals surface area contributed by atoms with Gasteiger partial charge in [-0.2, -0.15) is 0 Å². The first-order valence-corrected chi connectivity index (χ1v) is 6.68. The third-order valence-electron chi connectivity index (χ3n) is 3.40. The first-order chi connectivity index (χ1) is 9.10. The Bertz CT molecular complexity index is 551. The Balaban J connectivity index is 2.23. The number of halogens is 2. The minimum atomic E-state index is -0.201. The number of nitrogens with two attached hydrogens (primary N) is 1. The predicted molar refractivity (Wildman–Crippen MR) is 78.1 cm³/mol. The Kier molecular flexibility index (Phi) is 4.56. The van der Waals surface area contributed by atoms with E-state index in [0.29, 0.717) is 11.6 Å². The van der Waals surface area contributed by atoms with Crippen LogP contribution < -0.4 is 5.73 Å². The van der Waals surface area contributed by atoms with Crippen LogP contribution in [-0.4, -0.2) is 6.54 Å². The van der Waals surface area contributed by atoms with Crippen LogP contribution in [0.3, 0.4) is 0 Å². The van der Waals surface area contributed by atoms with Crippen molar-refractivity contribution in [1.29, 1.82) is 0 Å². The van der Waals surface area contributed by atoms with Crippen molar-refractivity contribution in [3.63, 3.8) is 0 Å². The van der Waals surface area contributed by atoms with Gasteiger partial charge in [-0.15, -0.1) is 0 Å². The van der Waals surface area contributed by atoms with Crippen LogP contribution in [0.15, 0.2) is 42.5 Å². The summed E-state index contributed by atoms with van der Waals surface area (Å²) in [6, 6.07) is 12.6. The molecule has 0 aliphatic carbocycles. The van der Waals surface area contributed by atoms with Crippen molar-refractivity contribution in [2.45, 2.75) is 19.3 Å². The normalized spacial score (nSPS) is 12.4. The Morgan fingerprint density at radius 2 is 1.84 bits per heavy atom. The van der Waals surface area contributed by atoms with Gasteiger partial charge in [-0.25, -0.2) is 4.39 Å². The summed E-state index contributed by atoms with van der Waals surface area (Å²) in [5, 5.41) is 0.710. The van der Waals surface area contributed by atoms with E-state index >= 15 is 0 Å². The fourth-order valence-corrected chi connectivity index (χ4v) is 2.32. The standard InChI is InChI=1S/C16H17ClFN/c1-11-2-7-16(18)9-13(11)8-14(10-19)12-3-5-15(17)6-4-12/h2-7,9,14H,8,10,19H2,1H3. The SMILES string of the molecule is Cc1ccc(F)cc1CC(CN)c1ccc(Cl)cc1. The van der Waals surface area contributed by atoms with E-state index in [1.807, 2.05) is 31.2 Å². The summed E-state index contributed by atoms with van der Waals surface area (Å²) in [5.41, 5.74) is 9.08. The summed E-state index contributed by atoms with van der Waals surface area (Å²) in [6.45, 7) is 2.52. The van der Waals surface area contributed by atoms with E-state index in [9.17, 15) is 4.39 Å². The van der Waals surface area contributed by atoms with Gasteiger partial charge in [-0.1, -0.05) is 29.8 Å². The third kappa shape index (κ3) is 3.55. The number of benzene rings is 2. The number of rotatable bonds is 4. The van der Waals surface area contributed by atoms with Crippen LogP contribution >= 0.6 is 11.6 Å². The molecule has 0 fully saturated rings. The summed E-state index contributed by atoms with van der Waals surface area (Å²) < 4.78 is 13.3. The molecule has 0 saturated carbocycles. The minimum absolute atomic E-state index is 0.178. The lowest BCUT2D eigenvalue weighted by Gasteiger charge is -2.17. The molecule has 2 aromatic rings. The number of hydrogen-bond acceptors (Lipinski definition) is 1. The summed E-state index contributed by atoms with van der Waals surface area (Å²) in [7, 11) is 0. The van der Waals surface area contributed by atoms with Crippen LogP contribution in [0.2, 0.25) is 5.02 Å². The van der Waals surface area contributed by atoms with Crippen molar-refractivity contribution in [3.8, 4) is 0 Å². The topological polar surface area (TPSA) is 26.0 Å². The maximum atomic E-state index is 13.3. The Hall–Kier alpha value is -1.38. The van der Waals surface area contributed by atoms with Crippen molar-refractivity contribution in [3.05, 3.63) is 70.0 Å². The van der Waals surface area contributed by atoms with E-state index in [1.54, 1.807) is 12.1 Å². The lowest BCUT2D eigenvalue weighted by molar-refractivity contribution is 0.619. The molecule has 2 N–H and O–H groups in total. The van der Waals surface area contributed by atoms with Gasteiger partial charge in [0.15, 0.2) is 0 Å². The Morgan fingerprint density at radius 1 is 1.16 bits per heavy atom. The van der Waals surface area contributed by atoms with Crippen LogP contribution in [0.5, 0.6) is 0 Å². The zero-order valence-electron chi connectivity index (χ0n) is 10.9. The van der Waals surface area contributed by atoms with Crippen LogP contribution in [0.4, 0.5) is 4.39 Å². The molecule has 0 amide bonds. The fourth-order valence-electron chi connectivity index (χ4n) is 2.20. The van der Waals surface area contributed by atoms with Crippen molar-refractivity contribution in [2.24, 2.45) is 5.73 Å². The van der Waals surface area contributed by atoms with Crippen LogP contribution in [0.25, 0.3) is 0 Å². The molecule has 2 rings (SSSR count). The molecule has 3 heteroatoms. The zero-order valence-corrected chi connectivity index (χ0v) is 11.6. The van der Waals surface area contributed by atoms with E-state index < -0.39 is 0 Å². The average Bonchev–Trinajstić information content (AvgIpc) is 2.41. The molecule has 0 radical (unpaired) electrons. The first kappa shape index (κ1) is 14.0. The van der Waals surface area contributed by atoms with Crippen molar-refractivity contribution >= 4 is 11.6 Å². The zero-order chi connectivity index (χ0) is 13.8. The van der Waals surface area contributed by atoms with Gasteiger partial charge in [0.25, 0.3) is 0 Å². The molecule has 0 bridgehead atoms. The maximum Gasteiger partial charge on any atom is 0.123 e. The fraction of sp³-hybridized carbons (Fsp3) is 0.250. The van der Waals surface area contributed by atoms with Gasteiger partial charge < -0.3 is 5.73 Å². The van der Waals surface area contributed by atoms with Crippen molar-refractivity contribution in [2.75, 3.05) is 6.54 Å². The van der Waals surface area contributed by atoms with E-state index in [4.69, 9.17) is 17.3 Å². The monoisotopic (exact) mass is 277 g/mol. The second-order valence-corrected chi connectivity index (χ2v) is 5.20. The van der Waals surface area contributed by atoms with Gasteiger partial charge in [-0.05, 0) is 60.8 Å². The van der Waals surface area contributed by atoms with E-state index in [1.165, 1.54) is 6.07 Å². The predicted octanol–water partition coefficient (Wildman–Crippen LogP) is 4.07. The first-order valence-electron chi connectivity index (χ1n) is 6.30. The quantitative estimate of drug-likeness (QED) is 0.896. The van der Waals surface area contributed by atoms with Gasteiger partial charge in [0, 0.05) is 10.9 Å². The average molecular weight is 278 g/mol. The van der Waals surface area contributed by atoms with E-state index in [2.05, 4.69) is 0 Å². The van der Waals surface area contributed by atoms with Gasteiger partial charge >= 0.3 is 0 Å². The second-order valence-electron chi connectivity index (χ2n) is 4.76. The Labute approximate surface area is 118 Å². The molecule has 0 spiro atoms. The van der Waals surface area contributed by atoms with Gasteiger partial charge in [0.1, 0.15) is 5.82 Å². The van der Waals surface area contributed by atoms with Crippen molar-refractivity contribution < 1.29 is 4.39 Å². The number of aryl methyl sites for hydroxylation is 1. The second kappa shape index (κ2) is 6.18. The van der Waals surface area contributed by atoms with Gasteiger partial charge in [-0.3, -0.25) is 0 Å². The summed E-state index contributed by atoms with van der Waals surface area (Å²) >= 11 is 5.88. The molecule has 0 aliphatic heterocycles. The van der Waals surface area contributed by atoms with E-state index in [-0.39, 0.29) is 11.7 Å². The lowest BCUT2D eigenvalue weighted by Crippen LogP contribution is -2.15. The largest absolute Gasteiger partial charge is 0.330 e. The highest BCUT2D eigenvalue weighted by Gasteiger charge is 2.12. The molecular weight excluding hydrogens is 261 g/mol. The molecule has 1 atom stereocenters.